The minimum atomic E-state index is -4.72. The molecule has 0 radical (unpaired) electrons. The van der Waals surface area contributed by atoms with E-state index < -0.39 is 23.1 Å². The molecule has 0 atom stereocenters. The van der Waals surface area contributed by atoms with E-state index in [1.165, 1.54) is 0 Å². The summed E-state index contributed by atoms with van der Waals surface area (Å²) < 4.78 is 49.5. The molecular formula is C8H3BrF4O. The molecule has 0 N–H and O–H groups in total. The molecule has 0 aliphatic carbocycles. The Morgan fingerprint density at radius 3 is 2.29 bits per heavy atom. The van der Waals surface area contributed by atoms with Gasteiger partial charge in [-0.2, -0.15) is 13.2 Å². The van der Waals surface area contributed by atoms with Crippen LogP contribution in [0.5, 0.6) is 0 Å². The lowest BCUT2D eigenvalue weighted by atomic mass is 10.1. The van der Waals surface area contributed by atoms with Crippen LogP contribution in [0.1, 0.15) is 15.9 Å². The highest BCUT2D eigenvalue weighted by molar-refractivity contribution is 9.10. The minimum absolute atomic E-state index is 0.150. The maximum absolute atomic E-state index is 13.0. The van der Waals surface area contributed by atoms with Gasteiger partial charge in [0.15, 0.2) is 6.29 Å². The zero-order chi connectivity index (χ0) is 10.9. The molecule has 0 aliphatic rings. The van der Waals surface area contributed by atoms with Crippen molar-refractivity contribution >= 4 is 22.2 Å². The zero-order valence-corrected chi connectivity index (χ0v) is 8.12. The Hall–Kier alpha value is -0.910. The lowest BCUT2D eigenvalue weighted by molar-refractivity contribution is -0.138. The van der Waals surface area contributed by atoms with Gasteiger partial charge in [-0.1, -0.05) is 0 Å². The van der Waals surface area contributed by atoms with Gasteiger partial charge in [0.25, 0.3) is 0 Å². The SMILES string of the molecule is O=Cc1c(C(F)(F)F)ccc(Br)c1F. The number of rotatable bonds is 1. The maximum Gasteiger partial charge on any atom is 0.417 e. The average molecular weight is 271 g/mol. The Balaban J connectivity index is 3.47. The highest BCUT2D eigenvalue weighted by atomic mass is 79.9. The van der Waals surface area contributed by atoms with E-state index in [9.17, 15) is 22.4 Å². The van der Waals surface area contributed by atoms with Crippen LogP contribution in [0.25, 0.3) is 0 Å². The van der Waals surface area contributed by atoms with Crippen molar-refractivity contribution in [1.82, 2.24) is 0 Å². The predicted octanol–water partition coefficient (Wildman–Crippen LogP) is 3.42. The molecule has 6 heteroatoms. The molecule has 1 nitrogen and oxygen atoms in total. The number of alkyl halides is 3. The average Bonchev–Trinajstić information content (AvgIpc) is 2.07. The van der Waals surface area contributed by atoms with Crippen LogP contribution in [0.3, 0.4) is 0 Å². The molecule has 0 aromatic heterocycles. The molecule has 14 heavy (non-hydrogen) atoms. The van der Waals surface area contributed by atoms with E-state index in [0.717, 1.165) is 6.07 Å². The fraction of sp³-hybridized carbons (Fsp3) is 0.125. The van der Waals surface area contributed by atoms with E-state index >= 15 is 0 Å². The minimum Gasteiger partial charge on any atom is -0.298 e. The summed E-state index contributed by atoms with van der Waals surface area (Å²) in [4.78, 5) is 10.3. The molecule has 1 rings (SSSR count). The number of hydrogen-bond donors (Lipinski definition) is 0. The first-order chi connectivity index (χ1) is 6.38. The van der Waals surface area contributed by atoms with Crippen LogP contribution in [0.2, 0.25) is 0 Å². The van der Waals surface area contributed by atoms with Gasteiger partial charge in [-0.25, -0.2) is 4.39 Å². The van der Waals surface area contributed by atoms with Crippen molar-refractivity contribution in [3.8, 4) is 0 Å². The molecule has 0 saturated carbocycles. The lowest BCUT2D eigenvalue weighted by Crippen LogP contribution is -2.10. The largest absolute Gasteiger partial charge is 0.417 e. The van der Waals surface area contributed by atoms with Gasteiger partial charge < -0.3 is 0 Å². The molecule has 0 heterocycles. The molecule has 0 spiro atoms. The summed E-state index contributed by atoms with van der Waals surface area (Å²) in [5.41, 5.74) is -2.25. The first kappa shape index (κ1) is 11.2. The maximum atomic E-state index is 13.0. The number of benzene rings is 1. The molecule has 1 aromatic carbocycles. The Labute approximate surface area is 84.9 Å². The molecule has 0 unspecified atom stereocenters. The van der Waals surface area contributed by atoms with Crippen molar-refractivity contribution in [2.24, 2.45) is 0 Å². The van der Waals surface area contributed by atoms with Crippen molar-refractivity contribution in [2.75, 3.05) is 0 Å². The van der Waals surface area contributed by atoms with Crippen LogP contribution in [0.4, 0.5) is 17.6 Å². The fourth-order valence-corrected chi connectivity index (χ4v) is 1.27. The molecule has 1 aromatic rings. The first-order valence-electron chi connectivity index (χ1n) is 3.38. The summed E-state index contributed by atoms with van der Waals surface area (Å²) in [6.45, 7) is 0. The fourth-order valence-electron chi connectivity index (χ4n) is 0.929. The second kappa shape index (κ2) is 3.68. The molecule has 0 bridgehead atoms. The summed E-state index contributed by atoms with van der Waals surface area (Å²) in [5.74, 6) is -1.20. The van der Waals surface area contributed by atoms with E-state index in [1.54, 1.807) is 0 Å². The summed E-state index contributed by atoms with van der Waals surface area (Å²) >= 11 is 2.69. The van der Waals surface area contributed by atoms with Crippen molar-refractivity contribution in [1.29, 1.82) is 0 Å². The lowest BCUT2D eigenvalue weighted by Gasteiger charge is -2.10. The molecule has 0 aliphatic heterocycles. The van der Waals surface area contributed by atoms with Gasteiger partial charge in [-0.15, -0.1) is 0 Å². The Bertz CT molecular complexity index is 372. The molecule has 0 saturated heterocycles. The third kappa shape index (κ3) is 1.95. The normalized spacial score (nSPS) is 11.5. The smallest absolute Gasteiger partial charge is 0.298 e. The highest BCUT2D eigenvalue weighted by Gasteiger charge is 2.34. The quantitative estimate of drug-likeness (QED) is 0.565. The Morgan fingerprint density at radius 1 is 1.29 bits per heavy atom. The van der Waals surface area contributed by atoms with Crippen molar-refractivity contribution in [3.63, 3.8) is 0 Å². The van der Waals surface area contributed by atoms with E-state index in [4.69, 9.17) is 0 Å². The number of halogens is 5. The van der Waals surface area contributed by atoms with E-state index in [0.29, 0.717) is 6.07 Å². The molecular weight excluding hydrogens is 268 g/mol. The number of carbonyl (C=O) groups excluding carboxylic acids is 1. The van der Waals surface area contributed by atoms with Gasteiger partial charge in [-0.3, -0.25) is 4.79 Å². The van der Waals surface area contributed by atoms with E-state index in [2.05, 4.69) is 15.9 Å². The van der Waals surface area contributed by atoms with E-state index in [1.807, 2.05) is 0 Å². The van der Waals surface area contributed by atoms with Crippen LogP contribution in [-0.4, -0.2) is 6.29 Å². The van der Waals surface area contributed by atoms with Gasteiger partial charge in [0, 0.05) is 0 Å². The molecule has 0 amide bonds. The Kier molecular flexibility index (Phi) is 2.94. The van der Waals surface area contributed by atoms with E-state index in [-0.39, 0.29) is 10.8 Å². The van der Waals surface area contributed by atoms with Crippen LogP contribution >= 0.6 is 15.9 Å². The molecule has 76 valence electrons. The zero-order valence-electron chi connectivity index (χ0n) is 6.53. The second-order valence-corrected chi connectivity index (χ2v) is 3.29. The predicted molar refractivity (Wildman–Crippen MR) is 44.5 cm³/mol. The number of carbonyl (C=O) groups is 1. The van der Waals surface area contributed by atoms with Crippen molar-refractivity contribution < 1.29 is 22.4 Å². The van der Waals surface area contributed by atoms with Gasteiger partial charge in [0.1, 0.15) is 5.82 Å². The highest BCUT2D eigenvalue weighted by Crippen LogP contribution is 2.34. The molecule has 0 fully saturated rings. The van der Waals surface area contributed by atoms with Gasteiger partial charge >= 0.3 is 6.18 Å². The van der Waals surface area contributed by atoms with Crippen LogP contribution in [0.15, 0.2) is 16.6 Å². The second-order valence-electron chi connectivity index (χ2n) is 2.44. The van der Waals surface area contributed by atoms with Crippen LogP contribution in [0, 0.1) is 5.82 Å². The van der Waals surface area contributed by atoms with Crippen LogP contribution in [-0.2, 0) is 6.18 Å². The number of aldehydes is 1. The van der Waals surface area contributed by atoms with Gasteiger partial charge in [0.05, 0.1) is 15.6 Å². The summed E-state index contributed by atoms with van der Waals surface area (Å²) in [5, 5.41) is 0. The third-order valence-corrected chi connectivity index (χ3v) is 2.17. The van der Waals surface area contributed by atoms with Crippen LogP contribution < -0.4 is 0 Å². The van der Waals surface area contributed by atoms with Gasteiger partial charge in [-0.05, 0) is 28.1 Å². The first-order valence-corrected chi connectivity index (χ1v) is 4.17. The van der Waals surface area contributed by atoms with Gasteiger partial charge in [0.2, 0.25) is 0 Å². The Morgan fingerprint density at radius 2 is 1.86 bits per heavy atom. The third-order valence-electron chi connectivity index (χ3n) is 1.56. The summed E-state index contributed by atoms with van der Waals surface area (Å²) in [6, 6.07) is 1.56. The van der Waals surface area contributed by atoms with Crippen molar-refractivity contribution in [2.45, 2.75) is 6.18 Å². The van der Waals surface area contributed by atoms with Crippen molar-refractivity contribution in [3.05, 3.63) is 33.5 Å². The number of hydrogen-bond acceptors (Lipinski definition) is 1. The topological polar surface area (TPSA) is 17.1 Å². The summed E-state index contributed by atoms with van der Waals surface area (Å²) in [6.07, 6.45) is -4.87. The summed E-state index contributed by atoms with van der Waals surface area (Å²) in [7, 11) is 0. The monoisotopic (exact) mass is 270 g/mol. The standard InChI is InChI=1S/C8H3BrF4O/c9-6-2-1-5(8(11,12)13)4(3-14)7(6)10/h1-3H.